The van der Waals surface area contributed by atoms with Crippen LogP contribution in [0.5, 0.6) is 0 Å². The molecular formula is C23H27FN2O2S. The molecule has 2 aromatic carbocycles. The zero-order valence-electron chi connectivity index (χ0n) is 17.2. The number of amides is 1. The number of nitrogens with zero attached hydrogens (tertiary/aromatic N) is 2. The fourth-order valence-electron chi connectivity index (χ4n) is 3.97. The summed E-state index contributed by atoms with van der Waals surface area (Å²) in [6.45, 7) is 6.55. The molecule has 1 amide bonds. The largest absolute Gasteiger partial charge is 0.377 e. The quantitative estimate of drug-likeness (QED) is 0.686. The van der Waals surface area contributed by atoms with Crippen LogP contribution in [-0.2, 0) is 28.0 Å². The molecule has 1 fully saturated rings. The molecule has 6 heteroatoms. The van der Waals surface area contributed by atoms with Gasteiger partial charge >= 0.3 is 0 Å². The van der Waals surface area contributed by atoms with E-state index in [2.05, 4.69) is 29.6 Å². The van der Waals surface area contributed by atoms with Crippen molar-refractivity contribution in [3.05, 3.63) is 65.0 Å². The normalized spacial score (nSPS) is 17.9. The lowest BCUT2D eigenvalue weighted by molar-refractivity contribution is -0.135. The minimum atomic E-state index is -0.256. The first kappa shape index (κ1) is 20.4. The second-order valence-corrected chi connectivity index (χ2v) is 9.42. The van der Waals surface area contributed by atoms with Gasteiger partial charge in [0.15, 0.2) is 0 Å². The Hall–Kier alpha value is -1.89. The Morgan fingerprint density at radius 1 is 1.17 bits per heavy atom. The molecule has 4 rings (SSSR count). The fourth-order valence-corrected chi connectivity index (χ4v) is 5.00. The standard InChI is InChI=1S/C23H27FN2O2S/c1-16(2)22(27)26-11-10-17-4-9-21(12-18(17)13-26)29-25(3)23(14-28-15-23)19-5-7-20(24)8-6-19/h4-9,12,16H,10-11,13-15H2,1-3H3. The lowest BCUT2D eigenvalue weighted by Gasteiger charge is -2.47. The maximum absolute atomic E-state index is 13.4. The number of ether oxygens (including phenoxy) is 1. The van der Waals surface area contributed by atoms with E-state index in [0.717, 1.165) is 23.4 Å². The molecule has 2 aliphatic rings. The van der Waals surface area contributed by atoms with E-state index in [1.165, 1.54) is 23.3 Å². The summed E-state index contributed by atoms with van der Waals surface area (Å²) in [5.41, 5.74) is 3.36. The maximum Gasteiger partial charge on any atom is 0.225 e. The summed E-state index contributed by atoms with van der Waals surface area (Å²) in [6.07, 6.45) is 0.905. The van der Waals surface area contributed by atoms with Crippen molar-refractivity contribution < 1.29 is 13.9 Å². The summed E-state index contributed by atoms with van der Waals surface area (Å²) < 4.78 is 21.1. The highest BCUT2D eigenvalue weighted by Crippen LogP contribution is 2.41. The Kier molecular flexibility index (Phi) is 5.69. The van der Waals surface area contributed by atoms with Crippen LogP contribution in [-0.4, -0.2) is 41.9 Å². The summed E-state index contributed by atoms with van der Waals surface area (Å²) in [6, 6.07) is 13.2. The first-order valence-electron chi connectivity index (χ1n) is 10.1. The molecule has 4 nitrogen and oxygen atoms in total. The number of likely N-dealkylation sites (N-methyl/N-ethyl adjacent to an activating group) is 1. The summed E-state index contributed by atoms with van der Waals surface area (Å²) in [5.74, 6) is 0.0109. The number of hydrogen-bond donors (Lipinski definition) is 0. The Balaban J connectivity index is 1.52. The topological polar surface area (TPSA) is 32.8 Å². The highest BCUT2D eigenvalue weighted by atomic mass is 32.2. The molecule has 2 aromatic rings. The number of halogens is 1. The molecule has 0 radical (unpaired) electrons. The minimum absolute atomic E-state index is 0.0226. The third-order valence-electron chi connectivity index (χ3n) is 5.90. The Morgan fingerprint density at radius 2 is 1.90 bits per heavy atom. The lowest BCUT2D eigenvalue weighted by Crippen LogP contribution is -2.55. The van der Waals surface area contributed by atoms with Gasteiger partial charge in [0.25, 0.3) is 0 Å². The van der Waals surface area contributed by atoms with Crippen molar-refractivity contribution in [3.8, 4) is 0 Å². The second kappa shape index (κ2) is 8.09. The van der Waals surface area contributed by atoms with Crippen molar-refractivity contribution in [3.63, 3.8) is 0 Å². The molecule has 29 heavy (non-hydrogen) atoms. The van der Waals surface area contributed by atoms with Crippen LogP contribution < -0.4 is 0 Å². The van der Waals surface area contributed by atoms with Gasteiger partial charge in [-0.3, -0.25) is 4.79 Å². The fraction of sp³-hybridized carbons (Fsp3) is 0.435. The van der Waals surface area contributed by atoms with Gasteiger partial charge in [-0.05, 0) is 66.4 Å². The van der Waals surface area contributed by atoms with E-state index in [0.29, 0.717) is 19.8 Å². The van der Waals surface area contributed by atoms with Crippen molar-refractivity contribution in [1.29, 1.82) is 0 Å². The molecule has 1 saturated heterocycles. The van der Waals surface area contributed by atoms with Gasteiger partial charge < -0.3 is 9.64 Å². The van der Waals surface area contributed by atoms with Crippen LogP contribution in [0, 0.1) is 11.7 Å². The monoisotopic (exact) mass is 414 g/mol. The first-order valence-corrected chi connectivity index (χ1v) is 10.8. The van der Waals surface area contributed by atoms with E-state index in [1.54, 1.807) is 11.9 Å². The van der Waals surface area contributed by atoms with E-state index in [-0.39, 0.29) is 23.2 Å². The Morgan fingerprint density at radius 3 is 2.52 bits per heavy atom. The van der Waals surface area contributed by atoms with Crippen molar-refractivity contribution in [2.24, 2.45) is 5.92 Å². The van der Waals surface area contributed by atoms with Crippen molar-refractivity contribution in [2.45, 2.75) is 37.2 Å². The van der Waals surface area contributed by atoms with Crippen LogP contribution >= 0.6 is 11.9 Å². The van der Waals surface area contributed by atoms with Gasteiger partial charge in [-0.2, -0.15) is 0 Å². The summed E-state index contributed by atoms with van der Waals surface area (Å²) in [4.78, 5) is 15.5. The number of rotatable bonds is 5. The molecule has 0 saturated carbocycles. The number of carbonyl (C=O) groups is 1. The van der Waals surface area contributed by atoms with Crippen LogP contribution in [0.3, 0.4) is 0 Å². The third kappa shape index (κ3) is 3.93. The highest BCUT2D eigenvalue weighted by Gasteiger charge is 2.44. The molecule has 0 unspecified atom stereocenters. The average Bonchev–Trinajstić information content (AvgIpc) is 2.67. The number of hydrogen-bond acceptors (Lipinski definition) is 4. The molecule has 0 bridgehead atoms. The smallest absolute Gasteiger partial charge is 0.225 e. The van der Waals surface area contributed by atoms with E-state index < -0.39 is 0 Å². The van der Waals surface area contributed by atoms with E-state index in [9.17, 15) is 9.18 Å². The van der Waals surface area contributed by atoms with Gasteiger partial charge in [0.05, 0.1) is 13.2 Å². The SMILES string of the molecule is CC(C)C(=O)N1CCc2ccc(SN(C)C3(c4ccc(F)cc4)COC3)cc2C1. The molecule has 2 aliphatic heterocycles. The average molecular weight is 415 g/mol. The summed E-state index contributed by atoms with van der Waals surface area (Å²) in [7, 11) is 2.06. The van der Waals surface area contributed by atoms with Gasteiger partial charge in [0.2, 0.25) is 5.91 Å². The van der Waals surface area contributed by atoms with Crippen molar-refractivity contribution >= 4 is 17.9 Å². The number of benzene rings is 2. The van der Waals surface area contributed by atoms with Gasteiger partial charge in [-0.15, -0.1) is 0 Å². The Bertz CT molecular complexity index is 896. The molecular weight excluding hydrogens is 387 g/mol. The predicted octanol–water partition coefficient (Wildman–Crippen LogP) is 4.23. The predicted molar refractivity (Wildman–Crippen MR) is 113 cm³/mol. The molecule has 0 N–H and O–H groups in total. The van der Waals surface area contributed by atoms with Crippen LogP contribution in [0.15, 0.2) is 47.4 Å². The number of fused-ring (bicyclic) bond motifs is 1. The van der Waals surface area contributed by atoms with Gasteiger partial charge in [-0.25, -0.2) is 8.70 Å². The highest BCUT2D eigenvalue weighted by molar-refractivity contribution is 7.97. The molecule has 2 heterocycles. The Labute approximate surface area is 176 Å². The van der Waals surface area contributed by atoms with E-state index in [1.807, 2.05) is 30.9 Å². The molecule has 0 aromatic heterocycles. The summed E-state index contributed by atoms with van der Waals surface area (Å²) >= 11 is 1.67. The van der Waals surface area contributed by atoms with E-state index >= 15 is 0 Å². The molecule has 154 valence electrons. The van der Waals surface area contributed by atoms with Crippen LogP contribution in [0.1, 0.15) is 30.5 Å². The third-order valence-corrected chi connectivity index (χ3v) is 6.99. The van der Waals surface area contributed by atoms with Gasteiger partial charge in [-0.1, -0.05) is 32.0 Å². The van der Waals surface area contributed by atoms with Crippen LogP contribution in [0.2, 0.25) is 0 Å². The molecule has 0 aliphatic carbocycles. The zero-order valence-corrected chi connectivity index (χ0v) is 18.0. The van der Waals surface area contributed by atoms with Crippen molar-refractivity contribution in [2.75, 3.05) is 26.8 Å². The first-order chi connectivity index (χ1) is 13.9. The van der Waals surface area contributed by atoms with Crippen LogP contribution in [0.4, 0.5) is 4.39 Å². The van der Waals surface area contributed by atoms with Crippen LogP contribution in [0.25, 0.3) is 0 Å². The summed E-state index contributed by atoms with van der Waals surface area (Å²) in [5, 5.41) is 0. The maximum atomic E-state index is 13.4. The molecule has 0 spiro atoms. The van der Waals surface area contributed by atoms with Gasteiger partial charge in [0.1, 0.15) is 11.4 Å². The van der Waals surface area contributed by atoms with Gasteiger partial charge in [0, 0.05) is 23.9 Å². The minimum Gasteiger partial charge on any atom is -0.377 e. The lowest BCUT2D eigenvalue weighted by atomic mass is 9.88. The second-order valence-electron chi connectivity index (χ2n) is 8.22. The number of carbonyl (C=O) groups excluding carboxylic acids is 1. The molecule has 0 atom stereocenters. The zero-order chi connectivity index (χ0) is 20.6. The van der Waals surface area contributed by atoms with E-state index in [4.69, 9.17) is 4.74 Å². The van der Waals surface area contributed by atoms with Crippen molar-refractivity contribution in [1.82, 2.24) is 9.21 Å².